The van der Waals surface area contributed by atoms with E-state index in [1.54, 1.807) is 12.3 Å². The first-order chi connectivity index (χ1) is 14.1. The van der Waals surface area contributed by atoms with Crippen LogP contribution >= 0.6 is 0 Å². The molecule has 158 valence electrons. The van der Waals surface area contributed by atoms with Crippen LogP contribution in [0.25, 0.3) is 11.0 Å². The summed E-state index contributed by atoms with van der Waals surface area (Å²) in [5.41, 5.74) is 2.23. The molecule has 2 aromatic heterocycles. The van der Waals surface area contributed by atoms with Crippen molar-refractivity contribution in [2.75, 3.05) is 5.32 Å². The van der Waals surface area contributed by atoms with E-state index < -0.39 is 11.7 Å². The highest BCUT2D eigenvalue weighted by Crippen LogP contribution is 2.52. The molecule has 0 spiro atoms. The number of carbonyl (C=O) groups excluding carboxylic acids is 1. The number of nitrogens with zero attached hydrogens (tertiary/aromatic N) is 1. The minimum Gasteiger partial charge on any atom is -0.395 e. The van der Waals surface area contributed by atoms with E-state index in [2.05, 4.69) is 45.5 Å². The molecule has 1 aliphatic carbocycles. The van der Waals surface area contributed by atoms with Crippen LogP contribution in [-0.2, 0) is 15.6 Å². The van der Waals surface area contributed by atoms with Gasteiger partial charge in [-0.3, -0.25) is 4.79 Å². The fourth-order valence-corrected chi connectivity index (χ4v) is 3.76. The van der Waals surface area contributed by atoms with E-state index in [-0.39, 0.29) is 24.2 Å². The number of aromatic nitrogens is 2. The molecule has 1 aromatic carbocycles. The number of fused-ring (bicyclic) bond motifs is 2. The maximum absolute atomic E-state index is 13.3. The maximum atomic E-state index is 13.3. The summed E-state index contributed by atoms with van der Waals surface area (Å²) in [6.07, 6.45) is -0.811. The van der Waals surface area contributed by atoms with Crippen molar-refractivity contribution in [2.45, 2.75) is 50.7 Å². The van der Waals surface area contributed by atoms with Gasteiger partial charge in [-0.1, -0.05) is 26.8 Å². The third-order valence-electron chi connectivity index (χ3n) is 5.67. The smallest absolute Gasteiger partial charge is 0.395 e. The lowest BCUT2D eigenvalue weighted by Crippen LogP contribution is -2.28. The summed E-state index contributed by atoms with van der Waals surface area (Å²) in [7, 11) is 0. The number of amides is 1. The van der Waals surface area contributed by atoms with Crippen LogP contribution in [-0.4, -0.2) is 22.2 Å². The quantitative estimate of drug-likeness (QED) is 0.624. The van der Waals surface area contributed by atoms with E-state index in [0.717, 1.165) is 16.7 Å². The zero-order valence-corrected chi connectivity index (χ0v) is 16.8. The van der Waals surface area contributed by atoms with Crippen molar-refractivity contribution < 1.29 is 24.5 Å². The number of H-pyrrole nitrogens is 1. The van der Waals surface area contributed by atoms with Crippen LogP contribution < -0.4 is 14.8 Å². The fourth-order valence-electron chi connectivity index (χ4n) is 3.76. The molecule has 1 saturated carbocycles. The van der Waals surface area contributed by atoms with Gasteiger partial charge in [-0.15, -0.1) is 8.78 Å². The first-order valence-corrected chi connectivity index (χ1v) is 9.77. The number of rotatable bonds is 3. The third kappa shape index (κ3) is 3.07. The van der Waals surface area contributed by atoms with Crippen molar-refractivity contribution in [2.24, 2.45) is 0 Å². The Morgan fingerprint density at radius 2 is 1.90 bits per heavy atom. The summed E-state index contributed by atoms with van der Waals surface area (Å²) in [5, 5.41) is 3.84. The van der Waals surface area contributed by atoms with Crippen molar-refractivity contribution in [3.8, 4) is 11.5 Å². The zero-order valence-electron chi connectivity index (χ0n) is 16.8. The Kier molecular flexibility index (Phi) is 3.73. The number of alkyl halides is 2. The Labute approximate surface area is 173 Å². The van der Waals surface area contributed by atoms with Gasteiger partial charge in [0, 0.05) is 17.9 Å². The standard InChI is InChI=1S/C22H21F2N3O3.H2/c1-20(2,3)17-9-12-8-14(11-25-18(12)27-17)26-19(28)21(6-7-21)13-4-5-15-16(10-13)30-22(23,24)29-15;/h4-5,8-11H,6-7H2,1-3H3,(H,25,27)(H,26,28);1H. The lowest BCUT2D eigenvalue weighted by Gasteiger charge is -2.16. The van der Waals surface area contributed by atoms with Gasteiger partial charge in [0.2, 0.25) is 5.91 Å². The van der Waals surface area contributed by atoms with E-state index in [1.165, 1.54) is 12.1 Å². The average Bonchev–Trinajstić information content (AvgIpc) is 3.24. The van der Waals surface area contributed by atoms with Gasteiger partial charge in [0.25, 0.3) is 0 Å². The van der Waals surface area contributed by atoms with Crippen molar-refractivity contribution in [3.63, 3.8) is 0 Å². The average molecular weight is 415 g/mol. The molecule has 30 heavy (non-hydrogen) atoms. The van der Waals surface area contributed by atoms with E-state index >= 15 is 0 Å². The lowest BCUT2D eigenvalue weighted by atomic mass is 9.92. The SMILES string of the molecule is CC(C)(C)c1cc2cc(NC(=O)C3(c4ccc5c(c4)OC(F)(F)O5)CC3)cnc2[nH]1.[HH]. The Bertz CT molecular complexity index is 1180. The van der Waals surface area contributed by atoms with E-state index in [9.17, 15) is 13.6 Å². The Morgan fingerprint density at radius 1 is 1.17 bits per heavy atom. The van der Waals surface area contributed by atoms with Crippen LogP contribution in [0, 0.1) is 0 Å². The molecule has 0 atom stereocenters. The van der Waals surface area contributed by atoms with Crippen LogP contribution in [0.3, 0.4) is 0 Å². The monoisotopic (exact) mass is 415 g/mol. The van der Waals surface area contributed by atoms with Gasteiger partial charge in [-0.2, -0.15) is 0 Å². The molecule has 2 aliphatic rings. The molecule has 1 aliphatic heterocycles. The molecule has 3 aromatic rings. The molecule has 3 heterocycles. The van der Waals surface area contributed by atoms with Crippen LogP contribution in [0.4, 0.5) is 14.5 Å². The van der Waals surface area contributed by atoms with Gasteiger partial charge in [0.15, 0.2) is 11.5 Å². The van der Waals surface area contributed by atoms with Crippen molar-refractivity contribution >= 4 is 22.6 Å². The Balaban J connectivity index is 0.00000231. The van der Waals surface area contributed by atoms with E-state index in [1.807, 2.05) is 12.1 Å². The fraction of sp³-hybridized carbons (Fsp3) is 0.364. The summed E-state index contributed by atoms with van der Waals surface area (Å²) in [4.78, 5) is 20.8. The maximum Gasteiger partial charge on any atom is 0.586 e. The molecule has 0 radical (unpaired) electrons. The largest absolute Gasteiger partial charge is 0.586 e. The van der Waals surface area contributed by atoms with E-state index in [4.69, 9.17) is 0 Å². The predicted molar refractivity (Wildman–Crippen MR) is 109 cm³/mol. The van der Waals surface area contributed by atoms with Crippen molar-refractivity contribution in [3.05, 3.63) is 47.8 Å². The molecule has 0 bridgehead atoms. The number of halogens is 2. The number of anilines is 1. The van der Waals surface area contributed by atoms with Gasteiger partial charge in [0.05, 0.1) is 17.3 Å². The van der Waals surface area contributed by atoms with Crippen LogP contribution in [0.5, 0.6) is 11.5 Å². The van der Waals surface area contributed by atoms with Crippen molar-refractivity contribution in [1.82, 2.24) is 9.97 Å². The number of benzene rings is 1. The Hall–Kier alpha value is -3.16. The molecule has 8 heteroatoms. The molecular weight excluding hydrogens is 392 g/mol. The summed E-state index contributed by atoms with van der Waals surface area (Å²) >= 11 is 0. The van der Waals surface area contributed by atoms with Gasteiger partial charge in [-0.05, 0) is 42.7 Å². The second-order valence-corrected chi connectivity index (χ2v) is 8.96. The molecule has 2 N–H and O–H groups in total. The molecule has 1 fully saturated rings. The number of nitrogens with one attached hydrogen (secondary N) is 2. The number of ether oxygens (including phenoxy) is 2. The van der Waals surface area contributed by atoms with Gasteiger partial charge >= 0.3 is 6.29 Å². The topological polar surface area (TPSA) is 76.2 Å². The molecule has 5 rings (SSSR count). The summed E-state index contributed by atoms with van der Waals surface area (Å²) in [6, 6.07) is 8.43. The first kappa shape index (κ1) is 18.8. The third-order valence-corrected chi connectivity index (χ3v) is 5.67. The summed E-state index contributed by atoms with van der Waals surface area (Å²) in [5.74, 6) is -0.278. The van der Waals surface area contributed by atoms with Crippen LogP contribution in [0.1, 0.15) is 46.3 Å². The van der Waals surface area contributed by atoms with E-state index in [0.29, 0.717) is 24.1 Å². The van der Waals surface area contributed by atoms with Crippen LogP contribution in [0.2, 0.25) is 0 Å². The highest BCUT2D eigenvalue weighted by Gasteiger charge is 2.52. The number of hydrogen-bond donors (Lipinski definition) is 2. The number of hydrogen-bond acceptors (Lipinski definition) is 4. The van der Waals surface area contributed by atoms with Crippen LogP contribution in [0.15, 0.2) is 36.5 Å². The second kappa shape index (κ2) is 5.93. The number of pyridine rings is 1. The molecule has 1 amide bonds. The van der Waals surface area contributed by atoms with Gasteiger partial charge in [-0.25, -0.2) is 4.98 Å². The normalized spacial score (nSPS) is 18.4. The van der Waals surface area contributed by atoms with Gasteiger partial charge in [0.1, 0.15) is 5.65 Å². The summed E-state index contributed by atoms with van der Waals surface area (Å²) < 4.78 is 35.6. The predicted octanol–water partition coefficient (Wildman–Crippen LogP) is 5.10. The minimum atomic E-state index is -3.68. The highest BCUT2D eigenvalue weighted by atomic mass is 19.3. The highest BCUT2D eigenvalue weighted by molar-refractivity contribution is 6.02. The number of carbonyl (C=O) groups is 1. The second-order valence-electron chi connectivity index (χ2n) is 8.96. The molecule has 0 unspecified atom stereocenters. The lowest BCUT2D eigenvalue weighted by molar-refractivity contribution is -0.286. The molecule has 6 nitrogen and oxygen atoms in total. The first-order valence-electron chi connectivity index (χ1n) is 9.77. The Morgan fingerprint density at radius 3 is 2.60 bits per heavy atom. The zero-order chi connectivity index (χ0) is 21.3. The summed E-state index contributed by atoms with van der Waals surface area (Å²) in [6.45, 7) is 6.33. The number of aromatic amines is 1. The van der Waals surface area contributed by atoms with Gasteiger partial charge < -0.3 is 19.8 Å². The van der Waals surface area contributed by atoms with Crippen molar-refractivity contribution in [1.29, 1.82) is 0 Å². The molecular formula is C22H23F2N3O3. The minimum absolute atomic E-state index is 0. The molecule has 0 saturated heterocycles.